The Hall–Kier alpha value is -1.16. The third kappa shape index (κ3) is 3.29. The van der Waals surface area contributed by atoms with Gasteiger partial charge in [0.1, 0.15) is 0 Å². The average molecular weight is 287 g/mol. The quantitative estimate of drug-likeness (QED) is 0.928. The molecule has 2 aromatic rings. The minimum Gasteiger partial charge on any atom is -0.396 e. The molecule has 1 fully saturated rings. The lowest BCUT2D eigenvalue weighted by Gasteiger charge is -2.30. The van der Waals surface area contributed by atoms with E-state index in [1.54, 1.807) is 0 Å². The predicted octanol–water partition coefficient (Wildman–Crippen LogP) is 3.62. The number of piperidine rings is 1. The second-order valence-electron chi connectivity index (χ2n) is 5.53. The van der Waals surface area contributed by atoms with Crippen LogP contribution in [0.4, 0.5) is 0 Å². The van der Waals surface area contributed by atoms with E-state index >= 15 is 0 Å². The van der Waals surface area contributed by atoms with E-state index in [4.69, 9.17) is 0 Å². The molecule has 0 radical (unpaired) electrons. The number of thiophene rings is 1. The second-order valence-corrected chi connectivity index (χ2v) is 6.70. The van der Waals surface area contributed by atoms with Crippen molar-refractivity contribution < 1.29 is 5.11 Å². The zero-order valence-electron chi connectivity index (χ0n) is 11.7. The third-order valence-electron chi connectivity index (χ3n) is 4.06. The molecule has 3 heteroatoms. The normalized spacial score (nSPS) is 17.4. The average Bonchev–Trinajstić information content (AvgIpc) is 2.97. The molecule has 2 nitrogen and oxygen atoms in total. The molecule has 1 aromatic heterocycles. The first-order valence-corrected chi connectivity index (χ1v) is 8.14. The maximum Gasteiger partial charge on any atom is 0.0460 e. The van der Waals surface area contributed by atoms with Crippen LogP contribution in [0, 0.1) is 5.92 Å². The Kier molecular flexibility index (Phi) is 4.51. The number of likely N-dealkylation sites (tertiary alicyclic amines) is 1. The van der Waals surface area contributed by atoms with Gasteiger partial charge in [-0.2, -0.15) is 0 Å². The number of benzene rings is 1. The van der Waals surface area contributed by atoms with Gasteiger partial charge in [-0.3, -0.25) is 4.90 Å². The third-order valence-corrected chi connectivity index (χ3v) is 5.18. The van der Waals surface area contributed by atoms with Crippen molar-refractivity contribution in [2.45, 2.75) is 19.4 Å². The maximum atomic E-state index is 9.18. The summed E-state index contributed by atoms with van der Waals surface area (Å²) in [6.45, 7) is 3.63. The summed E-state index contributed by atoms with van der Waals surface area (Å²) in [4.78, 5) is 5.30. The number of hydrogen-bond donors (Lipinski definition) is 1. The summed E-state index contributed by atoms with van der Waals surface area (Å²) in [6.07, 6.45) is 2.26. The number of aliphatic hydroxyl groups is 1. The molecule has 0 aliphatic carbocycles. The first kappa shape index (κ1) is 13.8. The molecule has 0 unspecified atom stereocenters. The highest BCUT2D eigenvalue weighted by molar-refractivity contribution is 7.15. The van der Waals surface area contributed by atoms with Crippen LogP contribution in [-0.4, -0.2) is 29.7 Å². The zero-order valence-corrected chi connectivity index (χ0v) is 12.5. The Balaban J connectivity index is 1.61. The highest BCUT2D eigenvalue weighted by Crippen LogP contribution is 2.29. The van der Waals surface area contributed by atoms with Crippen molar-refractivity contribution in [1.82, 2.24) is 4.90 Å². The fourth-order valence-electron chi connectivity index (χ4n) is 2.77. The summed E-state index contributed by atoms with van der Waals surface area (Å²) in [5.41, 5.74) is 1.31. The van der Waals surface area contributed by atoms with Crippen LogP contribution in [0.3, 0.4) is 0 Å². The van der Waals surface area contributed by atoms with Crippen LogP contribution in [0.5, 0.6) is 0 Å². The van der Waals surface area contributed by atoms with Crippen LogP contribution < -0.4 is 0 Å². The molecule has 1 aliphatic heterocycles. The van der Waals surface area contributed by atoms with Gasteiger partial charge in [0.25, 0.3) is 0 Å². The van der Waals surface area contributed by atoms with Crippen molar-refractivity contribution in [3.05, 3.63) is 47.3 Å². The van der Waals surface area contributed by atoms with Gasteiger partial charge in [-0.1, -0.05) is 30.3 Å². The molecule has 2 heterocycles. The SMILES string of the molecule is OCC1CCN(Cc2ccc(-c3ccccc3)s2)CC1. The van der Waals surface area contributed by atoms with E-state index < -0.39 is 0 Å². The Bertz CT molecular complexity index is 529. The summed E-state index contributed by atoms with van der Waals surface area (Å²) in [5, 5.41) is 9.18. The Labute approximate surface area is 124 Å². The van der Waals surface area contributed by atoms with Gasteiger partial charge in [-0.25, -0.2) is 0 Å². The standard InChI is InChI=1S/C17H21NOS/c19-13-14-8-10-18(11-9-14)12-16-6-7-17(20-16)15-4-2-1-3-5-15/h1-7,14,19H,8-13H2. The van der Waals surface area contributed by atoms with Crippen LogP contribution in [0.25, 0.3) is 10.4 Å². The molecule has 0 spiro atoms. The summed E-state index contributed by atoms with van der Waals surface area (Å²) in [5.74, 6) is 0.523. The van der Waals surface area contributed by atoms with Gasteiger partial charge in [0, 0.05) is 22.9 Å². The van der Waals surface area contributed by atoms with Gasteiger partial charge in [-0.15, -0.1) is 11.3 Å². The van der Waals surface area contributed by atoms with Crippen LogP contribution in [0.2, 0.25) is 0 Å². The zero-order chi connectivity index (χ0) is 13.8. The molecule has 3 rings (SSSR count). The van der Waals surface area contributed by atoms with E-state index in [0.29, 0.717) is 12.5 Å². The van der Waals surface area contributed by atoms with Crippen molar-refractivity contribution >= 4 is 11.3 Å². The molecule has 1 aliphatic rings. The van der Waals surface area contributed by atoms with Crippen molar-refractivity contribution in [3.63, 3.8) is 0 Å². The summed E-state index contributed by atoms with van der Waals surface area (Å²) in [7, 11) is 0. The van der Waals surface area contributed by atoms with Crippen molar-refractivity contribution in [3.8, 4) is 10.4 Å². The molecule has 1 aromatic carbocycles. The van der Waals surface area contributed by atoms with E-state index in [1.807, 2.05) is 11.3 Å². The van der Waals surface area contributed by atoms with E-state index in [2.05, 4.69) is 47.4 Å². The summed E-state index contributed by atoms with van der Waals surface area (Å²) >= 11 is 1.90. The van der Waals surface area contributed by atoms with Crippen LogP contribution in [-0.2, 0) is 6.54 Å². The summed E-state index contributed by atoms with van der Waals surface area (Å²) in [6, 6.07) is 15.1. The Morgan fingerprint density at radius 2 is 1.80 bits per heavy atom. The maximum absolute atomic E-state index is 9.18. The summed E-state index contributed by atoms with van der Waals surface area (Å²) < 4.78 is 0. The van der Waals surface area contributed by atoms with Crippen molar-refractivity contribution in [2.24, 2.45) is 5.92 Å². The number of hydrogen-bond acceptors (Lipinski definition) is 3. The fourth-order valence-corrected chi connectivity index (χ4v) is 3.82. The van der Waals surface area contributed by atoms with E-state index in [9.17, 15) is 5.11 Å². The number of aliphatic hydroxyl groups excluding tert-OH is 1. The monoisotopic (exact) mass is 287 g/mol. The van der Waals surface area contributed by atoms with Crippen LogP contribution in [0.1, 0.15) is 17.7 Å². The van der Waals surface area contributed by atoms with Crippen molar-refractivity contribution in [2.75, 3.05) is 19.7 Å². The van der Waals surface area contributed by atoms with Gasteiger partial charge < -0.3 is 5.11 Å². The fraction of sp³-hybridized carbons (Fsp3) is 0.412. The first-order chi connectivity index (χ1) is 9.85. The smallest absolute Gasteiger partial charge is 0.0460 e. The largest absolute Gasteiger partial charge is 0.396 e. The minimum atomic E-state index is 0.352. The van der Waals surface area contributed by atoms with E-state index in [1.165, 1.54) is 15.3 Å². The molecule has 1 saturated heterocycles. The molecule has 0 saturated carbocycles. The lowest BCUT2D eigenvalue weighted by atomic mass is 9.98. The molecular weight excluding hydrogens is 266 g/mol. The van der Waals surface area contributed by atoms with Crippen LogP contribution in [0.15, 0.2) is 42.5 Å². The molecular formula is C17H21NOS. The number of nitrogens with zero attached hydrogens (tertiary/aromatic N) is 1. The molecule has 106 valence electrons. The van der Waals surface area contributed by atoms with E-state index in [0.717, 1.165) is 32.5 Å². The lowest BCUT2D eigenvalue weighted by molar-refractivity contribution is 0.128. The second kappa shape index (κ2) is 6.53. The highest BCUT2D eigenvalue weighted by Gasteiger charge is 2.18. The first-order valence-electron chi connectivity index (χ1n) is 7.32. The predicted molar refractivity (Wildman–Crippen MR) is 84.8 cm³/mol. The minimum absolute atomic E-state index is 0.352. The molecule has 20 heavy (non-hydrogen) atoms. The topological polar surface area (TPSA) is 23.5 Å². The lowest BCUT2D eigenvalue weighted by Crippen LogP contribution is -2.34. The van der Waals surface area contributed by atoms with E-state index in [-0.39, 0.29) is 0 Å². The van der Waals surface area contributed by atoms with Gasteiger partial charge in [0.2, 0.25) is 0 Å². The molecule has 1 N–H and O–H groups in total. The molecule has 0 amide bonds. The Morgan fingerprint density at radius 3 is 2.50 bits per heavy atom. The van der Waals surface area contributed by atoms with Crippen molar-refractivity contribution in [1.29, 1.82) is 0 Å². The van der Waals surface area contributed by atoms with Gasteiger partial charge in [0.05, 0.1) is 0 Å². The van der Waals surface area contributed by atoms with Gasteiger partial charge in [-0.05, 0) is 49.5 Å². The molecule has 0 bridgehead atoms. The number of rotatable bonds is 4. The molecule has 0 atom stereocenters. The van der Waals surface area contributed by atoms with Gasteiger partial charge >= 0.3 is 0 Å². The Morgan fingerprint density at radius 1 is 1.05 bits per heavy atom. The van der Waals surface area contributed by atoms with Gasteiger partial charge in [0.15, 0.2) is 0 Å². The highest BCUT2D eigenvalue weighted by atomic mass is 32.1. The van der Waals surface area contributed by atoms with Crippen LogP contribution >= 0.6 is 11.3 Å².